The normalized spacial score (nSPS) is 25.4. The van der Waals surface area contributed by atoms with Gasteiger partial charge in [-0.2, -0.15) is 0 Å². The molecule has 1 N–H and O–H groups in total. The summed E-state index contributed by atoms with van der Waals surface area (Å²) in [5.41, 5.74) is -0.306. The number of hydrogen-bond donors (Lipinski definition) is 1. The highest BCUT2D eigenvalue weighted by Crippen LogP contribution is 2.20. The predicted octanol–water partition coefficient (Wildman–Crippen LogP) is 2.17. The summed E-state index contributed by atoms with van der Waals surface area (Å²) in [5.74, 6) is 0.267. The molecule has 3 nitrogen and oxygen atoms in total. The highest BCUT2D eigenvalue weighted by atomic mass is 16.2. The molecule has 1 aliphatic rings. The smallest absolute Gasteiger partial charge is 0.242 e. The highest BCUT2D eigenvalue weighted by Gasteiger charge is 2.35. The van der Waals surface area contributed by atoms with Gasteiger partial charge in [0, 0.05) is 13.6 Å². The van der Waals surface area contributed by atoms with Gasteiger partial charge in [-0.1, -0.05) is 19.8 Å². The lowest BCUT2D eigenvalue weighted by Crippen LogP contribution is -2.57. The standard InChI is InChI=1S/C13H26N2O/c1-4-5-8-11-15(3)12(16)13(2)9-6-7-10-14-13/h14H,4-11H2,1-3H3. The molecule has 0 aromatic rings. The van der Waals surface area contributed by atoms with E-state index in [2.05, 4.69) is 12.2 Å². The van der Waals surface area contributed by atoms with Gasteiger partial charge in [-0.25, -0.2) is 0 Å². The van der Waals surface area contributed by atoms with Crippen molar-refractivity contribution < 1.29 is 4.79 Å². The Balaban J connectivity index is 2.41. The summed E-state index contributed by atoms with van der Waals surface area (Å²) in [4.78, 5) is 14.2. The maximum atomic E-state index is 12.3. The number of carbonyl (C=O) groups excluding carboxylic acids is 1. The van der Waals surface area contributed by atoms with Crippen LogP contribution in [0, 0.1) is 0 Å². The van der Waals surface area contributed by atoms with E-state index >= 15 is 0 Å². The average Bonchev–Trinajstić information content (AvgIpc) is 2.29. The van der Waals surface area contributed by atoms with Crippen LogP contribution in [0.4, 0.5) is 0 Å². The van der Waals surface area contributed by atoms with Crippen molar-refractivity contribution in [2.75, 3.05) is 20.1 Å². The molecular formula is C13H26N2O. The van der Waals surface area contributed by atoms with E-state index in [9.17, 15) is 4.79 Å². The average molecular weight is 226 g/mol. The third-order valence-electron chi connectivity index (χ3n) is 3.53. The van der Waals surface area contributed by atoms with Crippen molar-refractivity contribution in [2.45, 2.75) is 57.9 Å². The van der Waals surface area contributed by atoms with Crippen LogP contribution in [-0.4, -0.2) is 36.5 Å². The van der Waals surface area contributed by atoms with Gasteiger partial charge in [0.25, 0.3) is 0 Å². The van der Waals surface area contributed by atoms with Crippen molar-refractivity contribution in [1.29, 1.82) is 0 Å². The minimum absolute atomic E-state index is 0.267. The van der Waals surface area contributed by atoms with Crippen molar-refractivity contribution >= 4 is 5.91 Å². The Hall–Kier alpha value is -0.570. The number of amides is 1. The summed E-state index contributed by atoms with van der Waals surface area (Å²) in [5, 5.41) is 3.38. The van der Waals surface area contributed by atoms with Crippen LogP contribution in [0.1, 0.15) is 52.4 Å². The first-order chi connectivity index (χ1) is 7.60. The Labute approximate surface area is 99.6 Å². The quantitative estimate of drug-likeness (QED) is 0.729. The van der Waals surface area contributed by atoms with Crippen molar-refractivity contribution in [1.82, 2.24) is 10.2 Å². The molecule has 1 unspecified atom stereocenters. The van der Waals surface area contributed by atoms with E-state index in [-0.39, 0.29) is 11.4 Å². The van der Waals surface area contributed by atoms with E-state index in [1.54, 1.807) is 0 Å². The van der Waals surface area contributed by atoms with Crippen molar-refractivity contribution in [3.8, 4) is 0 Å². The largest absolute Gasteiger partial charge is 0.344 e. The Morgan fingerprint density at radius 3 is 2.69 bits per heavy atom. The van der Waals surface area contributed by atoms with Gasteiger partial charge >= 0.3 is 0 Å². The first-order valence-electron chi connectivity index (χ1n) is 6.61. The maximum absolute atomic E-state index is 12.3. The minimum atomic E-state index is -0.306. The SMILES string of the molecule is CCCCCN(C)C(=O)C1(C)CCCCN1. The molecule has 1 amide bonds. The molecule has 94 valence electrons. The van der Waals surface area contributed by atoms with E-state index < -0.39 is 0 Å². The van der Waals surface area contributed by atoms with Gasteiger partial charge < -0.3 is 10.2 Å². The Morgan fingerprint density at radius 1 is 1.38 bits per heavy atom. The monoisotopic (exact) mass is 226 g/mol. The molecule has 16 heavy (non-hydrogen) atoms. The predicted molar refractivity (Wildman–Crippen MR) is 67.4 cm³/mol. The molecule has 1 atom stereocenters. The lowest BCUT2D eigenvalue weighted by atomic mass is 9.89. The number of piperidine rings is 1. The molecule has 0 radical (unpaired) electrons. The molecule has 0 bridgehead atoms. The van der Waals surface area contributed by atoms with E-state index in [0.717, 1.165) is 32.4 Å². The zero-order chi connectivity index (χ0) is 12.0. The number of hydrogen-bond acceptors (Lipinski definition) is 2. The third-order valence-corrected chi connectivity index (χ3v) is 3.53. The van der Waals surface area contributed by atoms with Gasteiger partial charge in [0.2, 0.25) is 5.91 Å². The second-order valence-electron chi connectivity index (χ2n) is 5.15. The van der Waals surface area contributed by atoms with Crippen LogP contribution < -0.4 is 5.32 Å². The second-order valence-corrected chi connectivity index (χ2v) is 5.15. The number of carbonyl (C=O) groups is 1. The molecule has 0 saturated carbocycles. The molecule has 0 aliphatic carbocycles. The van der Waals surface area contributed by atoms with Gasteiger partial charge in [0.15, 0.2) is 0 Å². The zero-order valence-electron chi connectivity index (χ0n) is 11.0. The summed E-state index contributed by atoms with van der Waals surface area (Å²) in [6.07, 6.45) is 6.87. The summed E-state index contributed by atoms with van der Waals surface area (Å²) < 4.78 is 0. The third kappa shape index (κ3) is 3.48. The fourth-order valence-electron chi connectivity index (χ4n) is 2.36. The van der Waals surface area contributed by atoms with E-state index in [1.165, 1.54) is 19.3 Å². The van der Waals surface area contributed by atoms with Crippen LogP contribution in [0.5, 0.6) is 0 Å². The molecule has 3 heteroatoms. The molecule has 0 aromatic carbocycles. The van der Waals surface area contributed by atoms with Gasteiger partial charge in [0.1, 0.15) is 0 Å². The maximum Gasteiger partial charge on any atom is 0.242 e. The van der Waals surface area contributed by atoms with Gasteiger partial charge in [-0.05, 0) is 39.2 Å². The van der Waals surface area contributed by atoms with Crippen LogP contribution in [-0.2, 0) is 4.79 Å². The number of unbranched alkanes of at least 4 members (excludes halogenated alkanes) is 2. The van der Waals surface area contributed by atoms with Gasteiger partial charge in [-0.3, -0.25) is 4.79 Å². The van der Waals surface area contributed by atoms with Crippen LogP contribution in [0.2, 0.25) is 0 Å². The molecular weight excluding hydrogens is 200 g/mol. The summed E-state index contributed by atoms with van der Waals surface area (Å²) in [7, 11) is 1.93. The minimum Gasteiger partial charge on any atom is -0.344 e. The molecule has 1 rings (SSSR count). The Morgan fingerprint density at radius 2 is 2.12 bits per heavy atom. The van der Waals surface area contributed by atoms with E-state index in [0.29, 0.717) is 0 Å². The second kappa shape index (κ2) is 6.24. The molecule has 0 aromatic heterocycles. The lowest BCUT2D eigenvalue weighted by Gasteiger charge is -2.36. The summed E-state index contributed by atoms with van der Waals surface area (Å²) in [6, 6.07) is 0. The van der Waals surface area contributed by atoms with Crippen LogP contribution in [0.3, 0.4) is 0 Å². The number of likely N-dealkylation sites (N-methyl/N-ethyl adjacent to an activating group) is 1. The first kappa shape index (κ1) is 13.5. The number of nitrogens with zero attached hydrogens (tertiary/aromatic N) is 1. The summed E-state index contributed by atoms with van der Waals surface area (Å²) >= 11 is 0. The Bertz CT molecular complexity index is 222. The summed E-state index contributed by atoms with van der Waals surface area (Å²) in [6.45, 7) is 6.10. The lowest BCUT2D eigenvalue weighted by molar-refractivity contribution is -0.137. The zero-order valence-corrected chi connectivity index (χ0v) is 11.0. The van der Waals surface area contributed by atoms with Gasteiger partial charge in [-0.15, -0.1) is 0 Å². The fourth-order valence-corrected chi connectivity index (χ4v) is 2.36. The Kier molecular flexibility index (Phi) is 5.26. The van der Waals surface area contributed by atoms with E-state index in [4.69, 9.17) is 0 Å². The van der Waals surface area contributed by atoms with Gasteiger partial charge in [0.05, 0.1) is 5.54 Å². The molecule has 1 aliphatic heterocycles. The molecule has 1 saturated heterocycles. The van der Waals surface area contributed by atoms with Crippen LogP contribution in [0.25, 0.3) is 0 Å². The van der Waals surface area contributed by atoms with Crippen LogP contribution in [0.15, 0.2) is 0 Å². The fraction of sp³-hybridized carbons (Fsp3) is 0.923. The van der Waals surface area contributed by atoms with Crippen molar-refractivity contribution in [3.63, 3.8) is 0 Å². The molecule has 0 spiro atoms. The first-order valence-corrected chi connectivity index (χ1v) is 6.61. The van der Waals surface area contributed by atoms with Crippen molar-refractivity contribution in [2.24, 2.45) is 0 Å². The molecule has 1 fully saturated rings. The highest BCUT2D eigenvalue weighted by molar-refractivity contribution is 5.85. The number of rotatable bonds is 5. The number of nitrogens with one attached hydrogen (secondary N) is 1. The van der Waals surface area contributed by atoms with E-state index in [1.807, 2.05) is 18.9 Å². The van der Waals surface area contributed by atoms with Crippen molar-refractivity contribution in [3.05, 3.63) is 0 Å². The molecule has 1 heterocycles. The topological polar surface area (TPSA) is 32.3 Å². The van der Waals surface area contributed by atoms with Crippen LogP contribution >= 0.6 is 0 Å².